The Labute approximate surface area is 90.3 Å². The molecule has 0 unspecified atom stereocenters. The van der Waals surface area contributed by atoms with Crippen molar-refractivity contribution >= 4 is 29.1 Å². The van der Waals surface area contributed by atoms with Gasteiger partial charge in [0.25, 0.3) is 5.91 Å². The summed E-state index contributed by atoms with van der Waals surface area (Å²) in [6, 6.07) is 2.79. The van der Waals surface area contributed by atoms with Gasteiger partial charge in [-0.25, -0.2) is 5.48 Å². The number of hydrogen-bond donors (Lipinski definition) is 2. The number of amides is 1. The van der Waals surface area contributed by atoms with E-state index in [0.717, 1.165) is 0 Å². The van der Waals surface area contributed by atoms with E-state index in [4.69, 9.17) is 33.1 Å². The fourth-order valence-corrected chi connectivity index (χ4v) is 1.57. The fourth-order valence-electron chi connectivity index (χ4n) is 0.997. The van der Waals surface area contributed by atoms with Crippen LogP contribution in [-0.4, -0.2) is 18.2 Å². The van der Waals surface area contributed by atoms with Gasteiger partial charge in [-0.05, 0) is 12.1 Å². The molecule has 0 bridgehead atoms. The SMILES string of the molecule is COc1c(Cl)cc(Cl)cc1C(=O)NO. The highest BCUT2D eigenvalue weighted by Gasteiger charge is 2.15. The number of ether oxygens (including phenoxy) is 1. The van der Waals surface area contributed by atoms with Gasteiger partial charge in [-0.3, -0.25) is 10.0 Å². The minimum absolute atomic E-state index is 0.0764. The quantitative estimate of drug-likeness (QED) is 0.610. The maximum Gasteiger partial charge on any atom is 0.278 e. The summed E-state index contributed by atoms with van der Waals surface area (Å²) in [5.74, 6) is -0.561. The average molecular weight is 236 g/mol. The van der Waals surface area contributed by atoms with Crippen LogP contribution in [0.1, 0.15) is 10.4 Å². The van der Waals surface area contributed by atoms with E-state index in [0.29, 0.717) is 0 Å². The normalized spacial score (nSPS) is 9.71. The molecule has 2 N–H and O–H groups in total. The molecule has 4 nitrogen and oxygen atoms in total. The molecule has 0 aromatic heterocycles. The summed E-state index contributed by atoms with van der Waals surface area (Å²) >= 11 is 11.4. The highest BCUT2D eigenvalue weighted by Crippen LogP contribution is 2.31. The molecule has 1 rings (SSSR count). The highest BCUT2D eigenvalue weighted by atomic mass is 35.5. The van der Waals surface area contributed by atoms with E-state index in [-0.39, 0.29) is 21.4 Å². The minimum atomic E-state index is -0.730. The molecule has 14 heavy (non-hydrogen) atoms. The lowest BCUT2D eigenvalue weighted by atomic mass is 10.2. The zero-order valence-electron chi connectivity index (χ0n) is 7.17. The van der Waals surface area contributed by atoms with Crippen molar-refractivity contribution < 1.29 is 14.7 Å². The van der Waals surface area contributed by atoms with Crippen LogP contribution in [-0.2, 0) is 0 Å². The number of rotatable bonds is 2. The van der Waals surface area contributed by atoms with Gasteiger partial charge in [-0.2, -0.15) is 0 Å². The predicted octanol–water partition coefficient (Wildman–Crippen LogP) is 2.12. The maximum atomic E-state index is 11.1. The zero-order chi connectivity index (χ0) is 10.7. The number of hydroxylamine groups is 1. The molecule has 1 amide bonds. The van der Waals surface area contributed by atoms with E-state index in [1.165, 1.54) is 24.7 Å². The van der Waals surface area contributed by atoms with Crippen LogP contribution in [0.25, 0.3) is 0 Å². The molecule has 0 saturated heterocycles. The summed E-state index contributed by atoms with van der Waals surface area (Å²) < 4.78 is 4.89. The Morgan fingerprint density at radius 1 is 1.50 bits per heavy atom. The number of carbonyl (C=O) groups is 1. The zero-order valence-corrected chi connectivity index (χ0v) is 8.69. The molecule has 0 saturated carbocycles. The summed E-state index contributed by atoms with van der Waals surface area (Å²) in [7, 11) is 1.36. The summed E-state index contributed by atoms with van der Waals surface area (Å²) in [5.41, 5.74) is 1.55. The molecule has 0 fully saturated rings. The molecule has 0 radical (unpaired) electrons. The van der Waals surface area contributed by atoms with Gasteiger partial charge in [-0.15, -0.1) is 0 Å². The van der Waals surface area contributed by atoms with Crippen LogP contribution in [0.15, 0.2) is 12.1 Å². The van der Waals surface area contributed by atoms with Crippen molar-refractivity contribution in [2.75, 3.05) is 7.11 Å². The first kappa shape index (κ1) is 11.1. The number of nitrogens with one attached hydrogen (secondary N) is 1. The van der Waals surface area contributed by atoms with Gasteiger partial charge in [0.2, 0.25) is 0 Å². The van der Waals surface area contributed by atoms with Crippen LogP contribution in [0, 0.1) is 0 Å². The van der Waals surface area contributed by atoms with E-state index in [9.17, 15) is 4.79 Å². The second-order valence-corrected chi connectivity index (χ2v) is 3.25. The van der Waals surface area contributed by atoms with Crippen LogP contribution in [0.4, 0.5) is 0 Å². The van der Waals surface area contributed by atoms with Gasteiger partial charge in [0.05, 0.1) is 17.7 Å². The largest absolute Gasteiger partial charge is 0.494 e. The predicted molar refractivity (Wildman–Crippen MR) is 52.3 cm³/mol. The molecule has 0 atom stereocenters. The minimum Gasteiger partial charge on any atom is -0.494 e. The third-order valence-corrected chi connectivity index (χ3v) is 2.06. The lowest BCUT2D eigenvalue weighted by Crippen LogP contribution is -2.19. The molecular weight excluding hydrogens is 229 g/mol. The Hall–Kier alpha value is -0.970. The second-order valence-electron chi connectivity index (χ2n) is 2.41. The van der Waals surface area contributed by atoms with Crippen molar-refractivity contribution in [3.8, 4) is 5.75 Å². The van der Waals surface area contributed by atoms with Gasteiger partial charge in [-0.1, -0.05) is 23.2 Å². The van der Waals surface area contributed by atoms with E-state index in [1.807, 2.05) is 0 Å². The van der Waals surface area contributed by atoms with E-state index in [2.05, 4.69) is 0 Å². The van der Waals surface area contributed by atoms with Crippen LogP contribution < -0.4 is 10.2 Å². The Bertz CT molecular complexity index is 368. The van der Waals surface area contributed by atoms with Gasteiger partial charge < -0.3 is 4.74 Å². The summed E-state index contributed by atoms with van der Waals surface area (Å²) in [6.45, 7) is 0. The van der Waals surface area contributed by atoms with Gasteiger partial charge in [0, 0.05) is 5.02 Å². The Morgan fingerprint density at radius 2 is 2.14 bits per heavy atom. The first-order valence-electron chi connectivity index (χ1n) is 3.57. The first-order valence-corrected chi connectivity index (χ1v) is 4.33. The molecule has 6 heteroatoms. The van der Waals surface area contributed by atoms with Crippen LogP contribution in [0.5, 0.6) is 5.75 Å². The first-order chi connectivity index (χ1) is 6.60. The molecule has 0 heterocycles. The monoisotopic (exact) mass is 235 g/mol. The molecule has 1 aromatic carbocycles. The number of benzene rings is 1. The van der Waals surface area contributed by atoms with Crippen molar-refractivity contribution in [2.45, 2.75) is 0 Å². The number of hydrogen-bond acceptors (Lipinski definition) is 3. The van der Waals surface area contributed by atoms with Gasteiger partial charge >= 0.3 is 0 Å². The smallest absolute Gasteiger partial charge is 0.278 e. The molecule has 0 aliphatic carbocycles. The van der Waals surface area contributed by atoms with Crippen LogP contribution in [0.3, 0.4) is 0 Å². The number of methoxy groups -OCH3 is 1. The Kier molecular flexibility index (Phi) is 3.57. The summed E-state index contributed by atoms with van der Waals surface area (Å²) in [5, 5.41) is 8.94. The van der Waals surface area contributed by atoms with Crippen molar-refractivity contribution in [2.24, 2.45) is 0 Å². The van der Waals surface area contributed by atoms with Crippen LogP contribution >= 0.6 is 23.2 Å². The maximum absolute atomic E-state index is 11.1. The van der Waals surface area contributed by atoms with Crippen molar-refractivity contribution in [3.63, 3.8) is 0 Å². The second kappa shape index (κ2) is 4.50. The number of carbonyl (C=O) groups excluding carboxylic acids is 1. The van der Waals surface area contributed by atoms with Crippen molar-refractivity contribution in [1.82, 2.24) is 5.48 Å². The third kappa shape index (κ3) is 2.09. The average Bonchev–Trinajstić information content (AvgIpc) is 2.15. The molecule has 76 valence electrons. The Morgan fingerprint density at radius 3 is 2.64 bits per heavy atom. The topological polar surface area (TPSA) is 58.6 Å². The number of halogens is 2. The highest BCUT2D eigenvalue weighted by molar-refractivity contribution is 6.36. The standard InChI is InChI=1S/C8H7Cl2NO3/c1-14-7-5(8(12)11-13)2-4(9)3-6(7)10/h2-3,13H,1H3,(H,11,12). The third-order valence-electron chi connectivity index (χ3n) is 1.56. The van der Waals surface area contributed by atoms with Gasteiger partial charge in [0.1, 0.15) is 5.75 Å². The lowest BCUT2D eigenvalue weighted by molar-refractivity contribution is 0.0703. The van der Waals surface area contributed by atoms with Crippen molar-refractivity contribution in [3.05, 3.63) is 27.7 Å². The summed E-state index contributed by atoms with van der Waals surface area (Å²) in [6.07, 6.45) is 0. The van der Waals surface area contributed by atoms with E-state index in [1.54, 1.807) is 0 Å². The lowest BCUT2D eigenvalue weighted by Gasteiger charge is -2.08. The Balaban J connectivity index is 3.32. The molecule has 0 aliphatic heterocycles. The van der Waals surface area contributed by atoms with Crippen LogP contribution in [0.2, 0.25) is 10.0 Å². The fraction of sp³-hybridized carbons (Fsp3) is 0.125. The van der Waals surface area contributed by atoms with E-state index >= 15 is 0 Å². The summed E-state index contributed by atoms with van der Waals surface area (Å²) in [4.78, 5) is 11.1. The molecule has 0 aliphatic rings. The molecule has 1 aromatic rings. The molecule has 0 spiro atoms. The van der Waals surface area contributed by atoms with Gasteiger partial charge in [0.15, 0.2) is 0 Å². The van der Waals surface area contributed by atoms with Crippen molar-refractivity contribution in [1.29, 1.82) is 0 Å². The van der Waals surface area contributed by atoms with E-state index < -0.39 is 5.91 Å². The molecular formula is C8H7Cl2NO3.